The minimum Gasteiger partial charge on any atom is -0.381 e. The fraction of sp³-hybridized carbons (Fsp3) is 0.368. The smallest absolute Gasteiger partial charge is 0.264 e. The van der Waals surface area contributed by atoms with E-state index in [0.717, 1.165) is 16.6 Å². The molecule has 0 aliphatic rings. The van der Waals surface area contributed by atoms with Crippen LogP contribution in [-0.4, -0.2) is 50.1 Å². The normalized spacial score (nSPS) is 10.5. The van der Waals surface area contributed by atoms with E-state index < -0.39 is 0 Å². The van der Waals surface area contributed by atoms with Crippen LogP contribution in [0.2, 0.25) is 0 Å². The third-order valence-corrected chi connectivity index (χ3v) is 5.29. The number of halogens is 1. The summed E-state index contributed by atoms with van der Waals surface area (Å²) >= 11 is 4.69. The number of ether oxygens (including phenoxy) is 1. The van der Waals surface area contributed by atoms with Gasteiger partial charge in [0, 0.05) is 20.2 Å². The molecule has 0 aliphatic heterocycles. The van der Waals surface area contributed by atoms with Gasteiger partial charge in [0.25, 0.3) is 5.91 Å². The van der Waals surface area contributed by atoms with E-state index in [1.807, 2.05) is 24.3 Å². The van der Waals surface area contributed by atoms with Crippen molar-refractivity contribution in [1.29, 1.82) is 0 Å². The average Bonchev–Trinajstić information content (AvgIpc) is 3.07. The lowest BCUT2D eigenvalue weighted by Gasteiger charge is -2.15. The van der Waals surface area contributed by atoms with E-state index in [9.17, 15) is 9.59 Å². The number of nitrogens with zero attached hydrogens (tertiary/aromatic N) is 1. The summed E-state index contributed by atoms with van der Waals surface area (Å²) in [7, 11) is 1.63. The molecule has 2 amide bonds. The molecule has 0 radical (unpaired) electrons. The molecule has 1 N–H and O–H groups in total. The molecule has 0 fully saturated rings. The Morgan fingerprint density at radius 2 is 1.92 bits per heavy atom. The maximum atomic E-state index is 12.2. The molecule has 1 aromatic heterocycles. The van der Waals surface area contributed by atoms with Gasteiger partial charge in [0.2, 0.25) is 5.91 Å². The number of rotatable bonds is 10. The Kier molecular flexibility index (Phi) is 8.80. The Labute approximate surface area is 166 Å². The number of hydrogen-bond acceptors (Lipinski definition) is 4. The summed E-state index contributed by atoms with van der Waals surface area (Å²) in [5, 5.41) is 2.82. The van der Waals surface area contributed by atoms with Crippen LogP contribution in [0.1, 0.15) is 21.7 Å². The van der Waals surface area contributed by atoms with E-state index in [4.69, 9.17) is 4.74 Å². The van der Waals surface area contributed by atoms with Crippen LogP contribution >= 0.6 is 27.3 Å². The summed E-state index contributed by atoms with van der Waals surface area (Å²) in [4.78, 5) is 26.1. The van der Waals surface area contributed by atoms with Gasteiger partial charge >= 0.3 is 0 Å². The zero-order valence-corrected chi connectivity index (χ0v) is 17.1. The Balaban J connectivity index is 1.54. The van der Waals surface area contributed by atoms with Crippen molar-refractivity contribution in [2.45, 2.75) is 12.8 Å². The van der Waals surface area contributed by atoms with Crippen molar-refractivity contribution in [2.75, 3.05) is 33.4 Å². The number of benzene rings is 1. The third kappa shape index (κ3) is 7.27. The van der Waals surface area contributed by atoms with Crippen molar-refractivity contribution in [3.05, 3.63) is 56.7 Å². The summed E-state index contributed by atoms with van der Waals surface area (Å²) < 4.78 is 6.47. The fourth-order valence-electron chi connectivity index (χ4n) is 2.30. The summed E-state index contributed by atoms with van der Waals surface area (Å²) in [6.45, 7) is 1.86. The number of carbonyl (C=O) groups is 2. The highest BCUT2D eigenvalue weighted by atomic mass is 79.9. The highest BCUT2D eigenvalue weighted by Gasteiger charge is 2.16. The van der Waals surface area contributed by atoms with E-state index in [0.29, 0.717) is 24.6 Å². The van der Waals surface area contributed by atoms with Gasteiger partial charge in [-0.2, -0.15) is 0 Å². The zero-order chi connectivity index (χ0) is 18.8. The lowest BCUT2D eigenvalue weighted by Crippen LogP contribution is -2.38. The van der Waals surface area contributed by atoms with Crippen LogP contribution in [0, 0.1) is 0 Å². The molecule has 2 aromatic rings. The fourth-order valence-corrected chi connectivity index (χ4v) is 3.68. The van der Waals surface area contributed by atoms with Gasteiger partial charge in [-0.3, -0.25) is 9.59 Å². The number of likely N-dealkylation sites (N-methyl/N-ethyl adjacent to an activating group) is 1. The average molecular weight is 439 g/mol. The molecule has 26 heavy (non-hydrogen) atoms. The standard InChI is InChI=1S/C19H23BrN2O3S/c1-22(19(24)16-8-9-17(20)26-16)14-18(23)21-11-5-12-25-13-10-15-6-3-2-4-7-15/h2-4,6-9H,5,10-14H2,1H3,(H,21,23). The Hall–Kier alpha value is -1.70. The van der Waals surface area contributed by atoms with E-state index >= 15 is 0 Å². The molecule has 0 atom stereocenters. The summed E-state index contributed by atoms with van der Waals surface area (Å²) in [5.41, 5.74) is 1.26. The van der Waals surface area contributed by atoms with Crippen LogP contribution in [0.15, 0.2) is 46.3 Å². The second-order valence-electron chi connectivity index (χ2n) is 5.82. The predicted molar refractivity (Wildman–Crippen MR) is 108 cm³/mol. The van der Waals surface area contributed by atoms with Gasteiger partial charge in [0.1, 0.15) is 0 Å². The number of thiophene rings is 1. The largest absolute Gasteiger partial charge is 0.381 e. The molecular weight excluding hydrogens is 416 g/mol. The molecule has 0 bridgehead atoms. The van der Waals surface area contributed by atoms with Gasteiger partial charge < -0.3 is 15.0 Å². The molecule has 2 rings (SSSR count). The Morgan fingerprint density at radius 3 is 2.62 bits per heavy atom. The van der Waals surface area contributed by atoms with Gasteiger partial charge in [0.15, 0.2) is 0 Å². The molecule has 0 spiro atoms. The highest BCUT2D eigenvalue weighted by molar-refractivity contribution is 9.11. The molecule has 140 valence electrons. The van der Waals surface area contributed by atoms with Crippen LogP contribution < -0.4 is 5.32 Å². The van der Waals surface area contributed by atoms with Crippen LogP contribution in [0.25, 0.3) is 0 Å². The van der Waals surface area contributed by atoms with Crippen LogP contribution in [-0.2, 0) is 16.0 Å². The van der Waals surface area contributed by atoms with E-state index in [1.54, 1.807) is 13.1 Å². The number of hydrogen-bond donors (Lipinski definition) is 1. The van der Waals surface area contributed by atoms with Crippen molar-refractivity contribution >= 4 is 39.1 Å². The minimum absolute atomic E-state index is 0.0449. The lowest BCUT2D eigenvalue weighted by molar-refractivity contribution is -0.121. The van der Waals surface area contributed by atoms with Gasteiger partial charge in [-0.05, 0) is 46.5 Å². The molecular formula is C19H23BrN2O3S. The molecule has 5 nitrogen and oxygen atoms in total. The highest BCUT2D eigenvalue weighted by Crippen LogP contribution is 2.22. The molecule has 1 aromatic carbocycles. The second kappa shape index (κ2) is 11.1. The van der Waals surface area contributed by atoms with E-state index in [1.165, 1.54) is 21.8 Å². The van der Waals surface area contributed by atoms with E-state index in [-0.39, 0.29) is 18.4 Å². The maximum Gasteiger partial charge on any atom is 0.264 e. The summed E-state index contributed by atoms with van der Waals surface area (Å²) in [6.07, 6.45) is 1.63. The molecule has 0 unspecified atom stereocenters. The second-order valence-corrected chi connectivity index (χ2v) is 8.28. The first-order valence-electron chi connectivity index (χ1n) is 8.45. The Bertz CT molecular complexity index is 706. The van der Waals surface area contributed by atoms with Gasteiger partial charge in [-0.25, -0.2) is 0 Å². The number of nitrogens with one attached hydrogen (secondary N) is 1. The molecule has 0 saturated carbocycles. The first kappa shape index (κ1) is 20.6. The first-order chi connectivity index (χ1) is 12.6. The molecule has 1 heterocycles. The quantitative estimate of drug-likeness (QED) is 0.578. The predicted octanol–water partition coefficient (Wildman–Crippen LogP) is 3.35. The monoisotopic (exact) mass is 438 g/mol. The van der Waals surface area contributed by atoms with Crippen LogP contribution in [0.4, 0.5) is 0 Å². The van der Waals surface area contributed by atoms with E-state index in [2.05, 4.69) is 33.4 Å². The van der Waals surface area contributed by atoms with Crippen LogP contribution in [0.5, 0.6) is 0 Å². The minimum atomic E-state index is -0.166. The van der Waals surface area contributed by atoms with Crippen molar-refractivity contribution < 1.29 is 14.3 Å². The zero-order valence-electron chi connectivity index (χ0n) is 14.7. The summed E-state index contributed by atoms with van der Waals surface area (Å²) in [6, 6.07) is 13.8. The van der Waals surface area contributed by atoms with Crippen LogP contribution in [0.3, 0.4) is 0 Å². The Morgan fingerprint density at radius 1 is 1.15 bits per heavy atom. The van der Waals surface area contributed by atoms with Crippen molar-refractivity contribution in [3.8, 4) is 0 Å². The molecule has 0 aliphatic carbocycles. The van der Waals surface area contributed by atoms with Crippen molar-refractivity contribution in [2.24, 2.45) is 0 Å². The SMILES string of the molecule is CN(CC(=O)NCCCOCCc1ccccc1)C(=O)c1ccc(Br)s1. The molecule has 0 saturated heterocycles. The first-order valence-corrected chi connectivity index (χ1v) is 10.1. The third-order valence-electron chi connectivity index (χ3n) is 3.68. The van der Waals surface area contributed by atoms with Crippen molar-refractivity contribution in [1.82, 2.24) is 10.2 Å². The molecule has 7 heteroatoms. The maximum absolute atomic E-state index is 12.2. The van der Waals surface area contributed by atoms with Gasteiger partial charge in [-0.1, -0.05) is 30.3 Å². The number of carbonyl (C=O) groups excluding carboxylic acids is 2. The lowest BCUT2D eigenvalue weighted by atomic mass is 10.2. The van der Waals surface area contributed by atoms with Gasteiger partial charge in [0.05, 0.1) is 21.8 Å². The summed E-state index contributed by atoms with van der Waals surface area (Å²) in [5.74, 6) is -0.319. The van der Waals surface area contributed by atoms with Gasteiger partial charge in [-0.15, -0.1) is 11.3 Å². The topological polar surface area (TPSA) is 58.6 Å². The number of amides is 2. The van der Waals surface area contributed by atoms with Crippen molar-refractivity contribution in [3.63, 3.8) is 0 Å².